The molecule has 3 nitrogen and oxygen atoms in total. The van der Waals surface area contributed by atoms with Crippen molar-refractivity contribution in [2.24, 2.45) is 11.8 Å². The highest BCUT2D eigenvalue weighted by molar-refractivity contribution is 5.92. The van der Waals surface area contributed by atoms with Gasteiger partial charge in [0.1, 0.15) is 11.4 Å². The summed E-state index contributed by atoms with van der Waals surface area (Å²) in [6.45, 7) is 14.5. The molecular formula is C22H30O3. The lowest BCUT2D eigenvalue weighted by Crippen LogP contribution is -2.26. The van der Waals surface area contributed by atoms with E-state index in [1.165, 1.54) is 5.56 Å². The summed E-state index contributed by atoms with van der Waals surface area (Å²) in [5.74, 6) is 2.04. The lowest BCUT2D eigenvalue weighted by Gasteiger charge is -2.27. The van der Waals surface area contributed by atoms with Gasteiger partial charge in [0.25, 0.3) is 0 Å². The Morgan fingerprint density at radius 3 is 2.00 bits per heavy atom. The van der Waals surface area contributed by atoms with Crippen LogP contribution in [0.3, 0.4) is 0 Å². The molecule has 0 radical (unpaired) electrons. The van der Waals surface area contributed by atoms with Crippen LogP contribution in [0.2, 0.25) is 0 Å². The van der Waals surface area contributed by atoms with Gasteiger partial charge < -0.3 is 9.47 Å². The fraction of sp³-hybridized carbons (Fsp3) is 0.500. The summed E-state index contributed by atoms with van der Waals surface area (Å²) in [7, 11) is 0. The molecular weight excluding hydrogens is 312 g/mol. The van der Waals surface area contributed by atoms with Crippen LogP contribution in [0, 0.1) is 11.8 Å². The maximum Gasteiger partial charge on any atom is 0.514 e. The molecule has 0 fully saturated rings. The molecule has 0 aliphatic carbocycles. The standard InChI is InChI=1S/C22H30O3/c1-14(2)20(15(3)4)18-12-8-11-17-16(18)10-9-13-19(17)24-21(23)25-22(5,6)7/h8-15,20H,1-7H3. The number of carbonyl (C=O) groups is 1. The maximum absolute atomic E-state index is 12.1. The van der Waals surface area contributed by atoms with E-state index in [4.69, 9.17) is 9.47 Å². The lowest BCUT2D eigenvalue weighted by molar-refractivity contribution is 0.0209. The average Bonchev–Trinajstić information content (AvgIpc) is 2.45. The van der Waals surface area contributed by atoms with E-state index in [2.05, 4.69) is 39.8 Å². The summed E-state index contributed by atoms with van der Waals surface area (Å²) in [5.41, 5.74) is 0.727. The topological polar surface area (TPSA) is 35.5 Å². The summed E-state index contributed by atoms with van der Waals surface area (Å²) < 4.78 is 10.8. The first-order valence-corrected chi connectivity index (χ1v) is 9.02. The fourth-order valence-corrected chi connectivity index (χ4v) is 3.53. The van der Waals surface area contributed by atoms with Crippen molar-refractivity contribution in [1.82, 2.24) is 0 Å². The Kier molecular flexibility index (Phi) is 5.76. The van der Waals surface area contributed by atoms with E-state index in [-0.39, 0.29) is 0 Å². The zero-order chi connectivity index (χ0) is 18.8. The van der Waals surface area contributed by atoms with Crippen molar-refractivity contribution < 1.29 is 14.3 Å². The Balaban J connectivity index is 2.46. The van der Waals surface area contributed by atoms with Crippen LogP contribution in [0.25, 0.3) is 10.8 Å². The van der Waals surface area contributed by atoms with Gasteiger partial charge in [-0.2, -0.15) is 0 Å². The van der Waals surface area contributed by atoms with E-state index in [1.54, 1.807) is 0 Å². The second kappa shape index (κ2) is 7.47. The molecule has 0 atom stereocenters. The molecule has 0 heterocycles. The second-order valence-corrected chi connectivity index (χ2v) is 8.28. The van der Waals surface area contributed by atoms with Gasteiger partial charge in [0.05, 0.1) is 0 Å². The van der Waals surface area contributed by atoms with Crippen molar-refractivity contribution in [3.8, 4) is 5.75 Å². The molecule has 3 heteroatoms. The minimum Gasteiger partial charge on any atom is -0.428 e. The van der Waals surface area contributed by atoms with Gasteiger partial charge in [-0.25, -0.2) is 4.79 Å². The first kappa shape index (κ1) is 19.3. The van der Waals surface area contributed by atoms with Crippen molar-refractivity contribution in [2.75, 3.05) is 0 Å². The quantitative estimate of drug-likeness (QED) is 0.467. The molecule has 0 saturated heterocycles. The van der Waals surface area contributed by atoms with Crippen molar-refractivity contribution in [3.63, 3.8) is 0 Å². The highest BCUT2D eigenvalue weighted by Gasteiger charge is 2.23. The van der Waals surface area contributed by atoms with Gasteiger partial charge in [-0.15, -0.1) is 0 Å². The SMILES string of the molecule is CC(C)C(c1cccc2c(OC(=O)OC(C)(C)C)cccc12)C(C)C. The third-order valence-corrected chi connectivity index (χ3v) is 4.29. The van der Waals surface area contributed by atoms with Crippen LogP contribution in [0.5, 0.6) is 5.75 Å². The number of fused-ring (bicyclic) bond motifs is 1. The first-order chi connectivity index (χ1) is 11.6. The minimum atomic E-state index is -0.672. The molecule has 2 aromatic rings. The highest BCUT2D eigenvalue weighted by Crippen LogP contribution is 2.38. The van der Waals surface area contributed by atoms with E-state index < -0.39 is 11.8 Å². The summed E-state index contributed by atoms with van der Waals surface area (Å²) in [4.78, 5) is 12.1. The molecule has 2 rings (SSSR count). The lowest BCUT2D eigenvalue weighted by atomic mass is 9.78. The highest BCUT2D eigenvalue weighted by atomic mass is 16.7. The maximum atomic E-state index is 12.1. The van der Waals surface area contributed by atoms with Gasteiger partial charge in [0.2, 0.25) is 0 Å². The Morgan fingerprint density at radius 1 is 0.880 bits per heavy atom. The molecule has 0 amide bonds. The van der Waals surface area contributed by atoms with Crippen molar-refractivity contribution >= 4 is 16.9 Å². The smallest absolute Gasteiger partial charge is 0.428 e. The third kappa shape index (κ3) is 4.75. The van der Waals surface area contributed by atoms with Gasteiger partial charge in [0.15, 0.2) is 0 Å². The number of carbonyl (C=O) groups excluding carboxylic acids is 1. The first-order valence-electron chi connectivity index (χ1n) is 9.02. The summed E-state index contributed by atoms with van der Waals surface area (Å²) >= 11 is 0. The number of benzene rings is 2. The predicted octanol–water partition coefficient (Wildman–Crippen LogP) is 6.55. The molecule has 0 aromatic heterocycles. The average molecular weight is 342 g/mol. The Bertz CT molecular complexity index is 731. The normalized spacial score (nSPS) is 12.2. The Morgan fingerprint density at radius 2 is 1.44 bits per heavy atom. The molecule has 0 bridgehead atoms. The summed E-state index contributed by atoms with van der Waals surface area (Å²) in [6.07, 6.45) is -0.672. The fourth-order valence-electron chi connectivity index (χ4n) is 3.53. The van der Waals surface area contributed by atoms with E-state index in [0.717, 1.165) is 10.8 Å². The monoisotopic (exact) mass is 342 g/mol. The molecule has 25 heavy (non-hydrogen) atoms. The van der Waals surface area contributed by atoms with Crippen LogP contribution >= 0.6 is 0 Å². The van der Waals surface area contributed by atoms with Crippen molar-refractivity contribution in [3.05, 3.63) is 42.0 Å². The van der Waals surface area contributed by atoms with E-state index in [1.807, 2.05) is 45.0 Å². The molecule has 0 aliphatic rings. The molecule has 136 valence electrons. The van der Waals surface area contributed by atoms with Gasteiger partial charge in [0, 0.05) is 5.39 Å². The zero-order valence-corrected chi connectivity index (χ0v) is 16.4. The van der Waals surface area contributed by atoms with Crippen molar-refractivity contribution in [2.45, 2.75) is 60.0 Å². The molecule has 2 aromatic carbocycles. The van der Waals surface area contributed by atoms with E-state index >= 15 is 0 Å². The Hall–Kier alpha value is -2.03. The number of ether oxygens (including phenoxy) is 2. The number of rotatable bonds is 4. The van der Waals surface area contributed by atoms with Crippen LogP contribution < -0.4 is 4.74 Å². The van der Waals surface area contributed by atoms with Crippen LogP contribution in [0.4, 0.5) is 4.79 Å². The molecule has 0 spiro atoms. The minimum absolute atomic E-state index is 0.445. The van der Waals surface area contributed by atoms with Gasteiger partial charge in [-0.1, -0.05) is 58.0 Å². The molecule has 0 aliphatic heterocycles. The van der Waals surface area contributed by atoms with Gasteiger partial charge in [-0.3, -0.25) is 0 Å². The zero-order valence-electron chi connectivity index (χ0n) is 16.4. The molecule has 0 N–H and O–H groups in total. The summed E-state index contributed by atoms with van der Waals surface area (Å²) in [6, 6.07) is 12.1. The van der Waals surface area contributed by atoms with Crippen LogP contribution in [-0.4, -0.2) is 11.8 Å². The van der Waals surface area contributed by atoms with Crippen LogP contribution in [-0.2, 0) is 4.74 Å². The predicted molar refractivity (Wildman–Crippen MR) is 103 cm³/mol. The number of hydrogen-bond donors (Lipinski definition) is 0. The molecule has 0 saturated carbocycles. The largest absolute Gasteiger partial charge is 0.514 e. The van der Waals surface area contributed by atoms with Crippen LogP contribution in [0.15, 0.2) is 36.4 Å². The van der Waals surface area contributed by atoms with E-state index in [0.29, 0.717) is 23.5 Å². The second-order valence-electron chi connectivity index (χ2n) is 8.28. The summed E-state index contributed by atoms with van der Waals surface area (Å²) in [5, 5.41) is 2.08. The molecule has 0 unspecified atom stereocenters. The van der Waals surface area contributed by atoms with Crippen LogP contribution in [0.1, 0.15) is 59.9 Å². The van der Waals surface area contributed by atoms with Gasteiger partial charge >= 0.3 is 6.16 Å². The van der Waals surface area contributed by atoms with Crippen molar-refractivity contribution in [1.29, 1.82) is 0 Å². The van der Waals surface area contributed by atoms with E-state index in [9.17, 15) is 4.79 Å². The third-order valence-electron chi connectivity index (χ3n) is 4.29. The number of hydrogen-bond acceptors (Lipinski definition) is 3. The Labute approximate surface area is 151 Å². The van der Waals surface area contributed by atoms with Gasteiger partial charge in [-0.05, 0) is 55.5 Å².